The molecule has 0 saturated heterocycles. The van der Waals surface area contributed by atoms with Gasteiger partial charge in [0.1, 0.15) is 5.75 Å². The first kappa shape index (κ1) is 16.3. The molecule has 0 heterocycles. The summed E-state index contributed by atoms with van der Waals surface area (Å²) in [5, 5.41) is 6.90. The summed E-state index contributed by atoms with van der Waals surface area (Å²) in [5.74, 6) is 0.886. The number of aryl methyl sites for hydroxylation is 1. The highest BCUT2D eigenvalue weighted by Gasteiger charge is 2.00. The highest BCUT2D eigenvalue weighted by atomic mass is 32.1. The van der Waals surface area contributed by atoms with Gasteiger partial charge in [0.15, 0.2) is 5.11 Å². The second-order valence-electron chi connectivity index (χ2n) is 5.17. The maximum atomic E-state index is 5.64. The fourth-order valence-corrected chi connectivity index (χ4v) is 2.13. The van der Waals surface area contributed by atoms with Crippen molar-refractivity contribution in [3.8, 4) is 5.75 Å². The van der Waals surface area contributed by atoms with E-state index in [9.17, 15) is 0 Å². The molecule has 0 fully saturated rings. The van der Waals surface area contributed by atoms with Crippen molar-refractivity contribution in [1.82, 2.24) is 0 Å². The first-order valence-corrected chi connectivity index (χ1v) is 7.96. The number of hydrogen-bond donors (Lipinski definition) is 2. The van der Waals surface area contributed by atoms with E-state index >= 15 is 0 Å². The van der Waals surface area contributed by atoms with Crippen molar-refractivity contribution < 1.29 is 4.74 Å². The van der Waals surface area contributed by atoms with Crippen LogP contribution in [-0.4, -0.2) is 11.7 Å². The van der Waals surface area contributed by atoms with Gasteiger partial charge in [0, 0.05) is 11.4 Å². The number of rotatable bonds is 6. The quantitative estimate of drug-likeness (QED) is 0.582. The molecule has 0 amide bonds. The van der Waals surface area contributed by atoms with E-state index in [1.807, 2.05) is 48.5 Å². The molecule has 2 aromatic carbocycles. The summed E-state index contributed by atoms with van der Waals surface area (Å²) in [6, 6.07) is 15.9. The molecule has 2 aromatic rings. The first-order chi connectivity index (χ1) is 10.7. The second-order valence-corrected chi connectivity index (χ2v) is 5.58. The monoisotopic (exact) mass is 314 g/mol. The molecular weight excluding hydrogens is 292 g/mol. The largest absolute Gasteiger partial charge is 0.494 e. The van der Waals surface area contributed by atoms with E-state index in [-0.39, 0.29) is 0 Å². The molecule has 0 aliphatic carbocycles. The normalized spacial score (nSPS) is 10.1. The van der Waals surface area contributed by atoms with Gasteiger partial charge in [-0.15, -0.1) is 0 Å². The standard InChI is InChI=1S/C18H22N2OS/c1-3-4-13-21-17-11-9-16(10-12-17)20-18(22)19-15-7-5-14(2)6-8-15/h5-12H,3-4,13H2,1-2H3,(H2,19,20,22). The minimum Gasteiger partial charge on any atom is -0.494 e. The predicted molar refractivity (Wildman–Crippen MR) is 97.9 cm³/mol. The predicted octanol–water partition coefficient (Wildman–Crippen LogP) is 4.98. The lowest BCUT2D eigenvalue weighted by molar-refractivity contribution is 0.309. The number of unbranched alkanes of at least 4 members (excludes halogenated alkanes) is 1. The maximum absolute atomic E-state index is 5.64. The number of benzene rings is 2. The van der Waals surface area contributed by atoms with Gasteiger partial charge in [0.25, 0.3) is 0 Å². The number of ether oxygens (including phenoxy) is 1. The minimum absolute atomic E-state index is 0.573. The molecule has 0 aliphatic rings. The van der Waals surface area contributed by atoms with E-state index in [4.69, 9.17) is 17.0 Å². The van der Waals surface area contributed by atoms with Crippen molar-refractivity contribution in [2.24, 2.45) is 0 Å². The smallest absolute Gasteiger partial charge is 0.175 e. The number of hydrogen-bond acceptors (Lipinski definition) is 2. The van der Waals surface area contributed by atoms with E-state index in [2.05, 4.69) is 24.5 Å². The van der Waals surface area contributed by atoms with Gasteiger partial charge in [0.05, 0.1) is 6.61 Å². The van der Waals surface area contributed by atoms with Crippen LogP contribution in [0.25, 0.3) is 0 Å². The zero-order valence-corrected chi connectivity index (χ0v) is 13.9. The van der Waals surface area contributed by atoms with Crippen LogP contribution in [0.15, 0.2) is 48.5 Å². The van der Waals surface area contributed by atoms with Crippen LogP contribution in [0.2, 0.25) is 0 Å². The van der Waals surface area contributed by atoms with E-state index < -0.39 is 0 Å². The number of thiocarbonyl (C=S) groups is 1. The van der Waals surface area contributed by atoms with Crippen LogP contribution in [-0.2, 0) is 0 Å². The molecule has 0 aliphatic heterocycles. The van der Waals surface area contributed by atoms with Gasteiger partial charge in [0.2, 0.25) is 0 Å². The van der Waals surface area contributed by atoms with Crippen LogP contribution in [0.3, 0.4) is 0 Å². The van der Waals surface area contributed by atoms with Gasteiger partial charge in [-0.25, -0.2) is 0 Å². The molecule has 2 N–H and O–H groups in total. The van der Waals surface area contributed by atoms with Crippen molar-refractivity contribution in [3.05, 3.63) is 54.1 Å². The number of anilines is 2. The first-order valence-electron chi connectivity index (χ1n) is 7.55. The van der Waals surface area contributed by atoms with Crippen LogP contribution in [0.1, 0.15) is 25.3 Å². The Morgan fingerprint density at radius 2 is 1.50 bits per heavy atom. The summed E-state index contributed by atoms with van der Waals surface area (Å²) in [6.07, 6.45) is 2.21. The molecule has 0 spiro atoms. The van der Waals surface area contributed by atoms with Crippen molar-refractivity contribution in [1.29, 1.82) is 0 Å². The maximum Gasteiger partial charge on any atom is 0.175 e. The molecule has 0 atom stereocenters. The second kappa shape index (κ2) is 8.39. The van der Waals surface area contributed by atoms with Gasteiger partial charge in [-0.2, -0.15) is 0 Å². The van der Waals surface area contributed by atoms with Gasteiger partial charge < -0.3 is 15.4 Å². The zero-order chi connectivity index (χ0) is 15.8. The Balaban J connectivity index is 1.84. The fraction of sp³-hybridized carbons (Fsp3) is 0.278. The molecule has 22 heavy (non-hydrogen) atoms. The van der Waals surface area contributed by atoms with Gasteiger partial charge >= 0.3 is 0 Å². The number of nitrogens with one attached hydrogen (secondary N) is 2. The van der Waals surface area contributed by atoms with E-state index in [1.165, 1.54) is 5.56 Å². The lowest BCUT2D eigenvalue weighted by atomic mass is 10.2. The molecule has 0 saturated carbocycles. The lowest BCUT2D eigenvalue weighted by Crippen LogP contribution is -2.18. The topological polar surface area (TPSA) is 33.3 Å². The average molecular weight is 314 g/mol. The average Bonchev–Trinajstić information content (AvgIpc) is 2.51. The summed E-state index contributed by atoms with van der Waals surface area (Å²) >= 11 is 5.32. The van der Waals surface area contributed by atoms with Crippen LogP contribution in [0.5, 0.6) is 5.75 Å². The Morgan fingerprint density at radius 3 is 2.05 bits per heavy atom. The molecule has 0 bridgehead atoms. The molecule has 0 unspecified atom stereocenters. The van der Waals surface area contributed by atoms with Gasteiger partial charge in [-0.1, -0.05) is 31.0 Å². The Kier molecular flexibility index (Phi) is 6.22. The van der Waals surface area contributed by atoms with Crippen molar-refractivity contribution in [3.63, 3.8) is 0 Å². The molecule has 3 nitrogen and oxygen atoms in total. The van der Waals surface area contributed by atoms with Crippen molar-refractivity contribution in [2.75, 3.05) is 17.2 Å². The molecule has 0 aromatic heterocycles. The Morgan fingerprint density at radius 1 is 0.955 bits per heavy atom. The summed E-state index contributed by atoms with van der Waals surface area (Å²) in [6.45, 7) is 4.97. The summed E-state index contributed by atoms with van der Waals surface area (Å²) in [5.41, 5.74) is 3.14. The minimum atomic E-state index is 0.573. The third-order valence-corrected chi connectivity index (χ3v) is 3.39. The van der Waals surface area contributed by atoms with E-state index in [0.717, 1.165) is 36.6 Å². The summed E-state index contributed by atoms with van der Waals surface area (Å²) < 4.78 is 5.64. The van der Waals surface area contributed by atoms with Gasteiger partial charge in [-0.05, 0) is 62.0 Å². The highest BCUT2D eigenvalue weighted by molar-refractivity contribution is 7.80. The van der Waals surface area contributed by atoms with Crippen LogP contribution in [0, 0.1) is 6.92 Å². The summed E-state index contributed by atoms with van der Waals surface area (Å²) in [4.78, 5) is 0. The Hall–Kier alpha value is -2.07. The molecule has 116 valence electrons. The Bertz CT molecular complexity index is 593. The SMILES string of the molecule is CCCCOc1ccc(NC(=S)Nc2ccc(C)cc2)cc1. The van der Waals surface area contributed by atoms with Crippen molar-refractivity contribution in [2.45, 2.75) is 26.7 Å². The van der Waals surface area contributed by atoms with Crippen LogP contribution >= 0.6 is 12.2 Å². The van der Waals surface area contributed by atoms with E-state index in [1.54, 1.807) is 0 Å². The molecule has 4 heteroatoms. The highest BCUT2D eigenvalue weighted by Crippen LogP contribution is 2.16. The third kappa shape index (κ3) is 5.37. The van der Waals surface area contributed by atoms with Crippen LogP contribution < -0.4 is 15.4 Å². The van der Waals surface area contributed by atoms with Crippen LogP contribution in [0.4, 0.5) is 11.4 Å². The molecule has 2 rings (SSSR count). The molecular formula is C18H22N2OS. The Labute approximate surface area is 137 Å². The molecule has 0 radical (unpaired) electrons. The fourth-order valence-electron chi connectivity index (χ4n) is 1.90. The van der Waals surface area contributed by atoms with Gasteiger partial charge in [-0.3, -0.25) is 0 Å². The summed E-state index contributed by atoms with van der Waals surface area (Å²) in [7, 11) is 0. The third-order valence-electron chi connectivity index (χ3n) is 3.19. The zero-order valence-electron chi connectivity index (χ0n) is 13.1. The van der Waals surface area contributed by atoms with E-state index in [0.29, 0.717) is 5.11 Å². The lowest BCUT2D eigenvalue weighted by Gasteiger charge is -2.11. The van der Waals surface area contributed by atoms with Crippen molar-refractivity contribution >= 4 is 28.7 Å².